The zero-order valence-electron chi connectivity index (χ0n) is 17.1. The fourth-order valence-electron chi connectivity index (χ4n) is 5.80. The SMILES string of the molecule is O=C(c1ccccn1)N1CCC2(CC1)CN(Cc1cccnc1)C[C@]21CCNC1=O. The molecule has 30 heavy (non-hydrogen) atoms. The number of fused-ring (bicyclic) bond motifs is 1. The lowest BCUT2D eigenvalue weighted by Gasteiger charge is -2.46. The van der Waals surface area contributed by atoms with Gasteiger partial charge in [-0.05, 0) is 43.0 Å². The zero-order chi connectivity index (χ0) is 20.6. The van der Waals surface area contributed by atoms with E-state index >= 15 is 0 Å². The Morgan fingerprint density at radius 1 is 1.07 bits per heavy atom. The molecule has 5 rings (SSSR count). The second kappa shape index (κ2) is 7.47. The van der Waals surface area contributed by atoms with Gasteiger partial charge in [-0.1, -0.05) is 12.1 Å². The highest BCUT2D eigenvalue weighted by Gasteiger charge is 2.63. The molecule has 0 aliphatic carbocycles. The van der Waals surface area contributed by atoms with Crippen molar-refractivity contribution in [1.29, 1.82) is 0 Å². The molecule has 3 aliphatic heterocycles. The molecule has 7 nitrogen and oxygen atoms in total. The second-order valence-electron chi connectivity index (χ2n) is 8.88. The topological polar surface area (TPSA) is 78.4 Å². The predicted octanol–water partition coefficient (Wildman–Crippen LogP) is 1.72. The summed E-state index contributed by atoms with van der Waals surface area (Å²) >= 11 is 0. The Bertz CT molecular complexity index is 927. The molecule has 2 amide bonds. The largest absolute Gasteiger partial charge is 0.356 e. The molecule has 0 bridgehead atoms. The minimum Gasteiger partial charge on any atom is -0.356 e. The third kappa shape index (κ3) is 3.08. The lowest BCUT2D eigenvalue weighted by molar-refractivity contribution is -0.133. The predicted molar refractivity (Wildman–Crippen MR) is 111 cm³/mol. The van der Waals surface area contributed by atoms with E-state index in [1.165, 1.54) is 5.56 Å². The quantitative estimate of drug-likeness (QED) is 0.841. The average molecular weight is 406 g/mol. The summed E-state index contributed by atoms with van der Waals surface area (Å²) in [6.07, 6.45) is 7.92. The van der Waals surface area contributed by atoms with Gasteiger partial charge in [0.05, 0.1) is 5.41 Å². The zero-order valence-corrected chi connectivity index (χ0v) is 17.1. The Balaban J connectivity index is 1.35. The monoisotopic (exact) mass is 405 g/mol. The van der Waals surface area contributed by atoms with E-state index in [9.17, 15) is 9.59 Å². The van der Waals surface area contributed by atoms with Crippen molar-refractivity contribution in [3.8, 4) is 0 Å². The Hall–Kier alpha value is -2.80. The molecule has 7 heteroatoms. The van der Waals surface area contributed by atoms with E-state index in [2.05, 4.69) is 26.3 Å². The molecular formula is C23H27N5O2. The summed E-state index contributed by atoms with van der Waals surface area (Å²) < 4.78 is 0. The van der Waals surface area contributed by atoms with Crippen LogP contribution in [0.3, 0.4) is 0 Å². The molecule has 0 radical (unpaired) electrons. The molecule has 2 spiro atoms. The van der Waals surface area contributed by atoms with Crippen molar-refractivity contribution in [1.82, 2.24) is 25.1 Å². The Kier molecular flexibility index (Phi) is 4.77. The molecular weight excluding hydrogens is 378 g/mol. The number of carbonyl (C=O) groups is 2. The number of piperidine rings is 1. The first-order valence-corrected chi connectivity index (χ1v) is 10.7. The fraction of sp³-hybridized carbons (Fsp3) is 0.478. The molecule has 0 aromatic carbocycles. The Labute approximate surface area is 176 Å². The maximum absolute atomic E-state index is 13.1. The van der Waals surface area contributed by atoms with Crippen LogP contribution in [0.4, 0.5) is 0 Å². The van der Waals surface area contributed by atoms with Gasteiger partial charge in [0.15, 0.2) is 0 Å². The molecule has 3 fully saturated rings. The van der Waals surface area contributed by atoms with E-state index in [0.29, 0.717) is 18.8 Å². The summed E-state index contributed by atoms with van der Waals surface area (Å²) in [5, 5.41) is 3.10. The molecule has 5 heterocycles. The van der Waals surface area contributed by atoms with Crippen LogP contribution in [0, 0.1) is 10.8 Å². The van der Waals surface area contributed by atoms with Crippen LogP contribution >= 0.6 is 0 Å². The highest BCUT2D eigenvalue weighted by Crippen LogP contribution is 2.56. The number of likely N-dealkylation sites (tertiary alicyclic amines) is 2. The van der Waals surface area contributed by atoms with Gasteiger partial charge in [-0.2, -0.15) is 0 Å². The molecule has 2 aromatic heterocycles. The number of pyridine rings is 2. The Morgan fingerprint density at radius 2 is 1.93 bits per heavy atom. The summed E-state index contributed by atoms with van der Waals surface area (Å²) in [6, 6.07) is 9.48. The second-order valence-corrected chi connectivity index (χ2v) is 8.88. The highest BCUT2D eigenvalue weighted by atomic mass is 16.2. The maximum atomic E-state index is 13.1. The van der Waals surface area contributed by atoms with Gasteiger partial charge in [0, 0.05) is 63.3 Å². The van der Waals surface area contributed by atoms with Crippen LogP contribution in [-0.4, -0.2) is 64.3 Å². The summed E-state index contributed by atoms with van der Waals surface area (Å²) in [7, 11) is 0. The summed E-state index contributed by atoms with van der Waals surface area (Å²) in [5.41, 5.74) is 1.23. The number of hydrogen-bond donors (Lipinski definition) is 1. The summed E-state index contributed by atoms with van der Waals surface area (Å²) in [5.74, 6) is 0.182. The van der Waals surface area contributed by atoms with Gasteiger partial charge in [0.25, 0.3) is 5.91 Å². The molecule has 3 saturated heterocycles. The number of nitrogens with one attached hydrogen (secondary N) is 1. The van der Waals surface area contributed by atoms with Crippen LogP contribution in [0.2, 0.25) is 0 Å². The number of amides is 2. The third-order valence-corrected chi connectivity index (χ3v) is 7.33. The molecule has 2 aromatic rings. The standard InChI is InChI=1S/C23H27N5O2/c29-20(19-5-1-2-10-25-19)28-12-7-22(8-13-28)16-27(15-18-4-3-9-24-14-18)17-23(22)6-11-26-21(23)30/h1-5,9-10,14H,6-8,11-13,15-17H2,(H,26,30)/t23-/m0/s1. The number of aromatic nitrogens is 2. The number of nitrogens with zero attached hydrogens (tertiary/aromatic N) is 4. The van der Waals surface area contributed by atoms with Crippen molar-refractivity contribution in [2.24, 2.45) is 10.8 Å². The van der Waals surface area contributed by atoms with Crippen LogP contribution in [0.1, 0.15) is 35.3 Å². The first-order chi connectivity index (χ1) is 14.6. The van der Waals surface area contributed by atoms with Gasteiger partial charge >= 0.3 is 0 Å². The van der Waals surface area contributed by atoms with Gasteiger partial charge < -0.3 is 10.2 Å². The van der Waals surface area contributed by atoms with E-state index in [4.69, 9.17) is 0 Å². The lowest BCUT2D eigenvalue weighted by atomic mass is 9.60. The van der Waals surface area contributed by atoms with Crippen LogP contribution in [0.15, 0.2) is 48.9 Å². The van der Waals surface area contributed by atoms with Crippen LogP contribution in [0.5, 0.6) is 0 Å². The van der Waals surface area contributed by atoms with Crippen molar-refractivity contribution in [2.45, 2.75) is 25.8 Å². The highest BCUT2D eigenvalue weighted by molar-refractivity contribution is 5.92. The minimum atomic E-state index is -0.352. The van der Waals surface area contributed by atoms with Crippen LogP contribution < -0.4 is 5.32 Å². The van der Waals surface area contributed by atoms with Crippen molar-refractivity contribution in [3.05, 3.63) is 60.2 Å². The maximum Gasteiger partial charge on any atom is 0.272 e. The molecule has 1 atom stereocenters. The first kappa shape index (κ1) is 19.2. The van der Waals surface area contributed by atoms with Crippen LogP contribution in [-0.2, 0) is 11.3 Å². The lowest BCUT2D eigenvalue weighted by Crippen LogP contribution is -2.53. The van der Waals surface area contributed by atoms with Crippen molar-refractivity contribution >= 4 is 11.8 Å². The van der Waals surface area contributed by atoms with E-state index < -0.39 is 0 Å². The van der Waals surface area contributed by atoms with Gasteiger partial charge in [-0.3, -0.25) is 24.5 Å². The van der Waals surface area contributed by atoms with Crippen molar-refractivity contribution in [2.75, 3.05) is 32.7 Å². The average Bonchev–Trinajstić information content (AvgIpc) is 3.30. The van der Waals surface area contributed by atoms with Gasteiger partial charge in [-0.15, -0.1) is 0 Å². The van der Waals surface area contributed by atoms with Crippen molar-refractivity contribution < 1.29 is 9.59 Å². The van der Waals surface area contributed by atoms with E-state index in [1.807, 2.05) is 29.3 Å². The van der Waals surface area contributed by atoms with E-state index in [1.54, 1.807) is 18.5 Å². The molecule has 0 saturated carbocycles. The number of hydrogen-bond acceptors (Lipinski definition) is 5. The molecule has 3 aliphatic rings. The smallest absolute Gasteiger partial charge is 0.272 e. The third-order valence-electron chi connectivity index (χ3n) is 7.33. The summed E-state index contributed by atoms with van der Waals surface area (Å²) in [6.45, 7) is 4.57. The van der Waals surface area contributed by atoms with Crippen molar-refractivity contribution in [3.63, 3.8) is 0 Å². The number of carbonyl (C=O) groups excluding carboxylic acids is 2. The van der Waals surface area contributed by atoms with Gasteiger partial charge in [0.1, 0.15) is 5.69 Å². The van der Waals surface area contributed by atoms with E-state index in [0.717, 1.165) is 45.4 Å². The minimum absolute atomic E-state index is 0.0133. The van der Waals surface area contributed by atoms with E-state index in [-0.39, 0.29) is 22.6 Å². The molecule has 156 valence electrons. The summed E-state index contributed by atoms with van der Waals surface area (Å²) in [4.78, 5) is 38.7. The molecule has 0 unspecified atom stereocenters. The fourth-order valence-corrected chi connectivity index (χ4v) is 5.80. The van der Waals surface area contributed by atoms with Crippen LogP contribution in [0.25, 0.3) is 0 Å². The normalized spacial score (nSPS) is 25.7. The van der Waals surface area contributed by atoms with Gasteiger partial charge in [-0.25, -0.2) is 0 Å². The molecule has 1 N–H and O–H groups in total. The number of rotatable bonds is 3. The van der Waals surface area contributed by atoms with Gasteiger partial charge in [0.2, 0.25) is 5.91 Å². The first-order valence-electron chi connectivity index (χ1n) is 10.7. The Morgan fingerprint density at radius 3 is 2.60 bits per heavy atom.